The number of carbonyl (C=O) groups is 1. The summed E-state index contributed by atoms with van der Waals surface area (Å²) >= 11 is 0. The largest absolute Gasteiger partial charge is 0.379 e. The Morgan fingerprint density at radius 1 is 1.21 bits per heavy atom. The highest BCUT2D eigenvalue weighted by molar-refractivity contribution is 5.84. The molecule has 0 spiro atoms. The van der Waals surface area contributed by atoms with E-state index < -0.39 is 0 Å². The highest BCUT2D eigenvalue weighted by Crippen LogP contribution is 2.09. The summed E-state index contributed by atoms with van der Waals surface area (Å²) in [6.07, 6.45) is 2.15. The van der Waals surface area contributed by atoms with E-state index in [1.807, 2.05) is 6.92 Å². The van der Waals surface area contributed by atoms with Gasteiger partial charge in [-0.05, 0) is 32.2 Å². The van der Waals surface area contributed by atoms with Gasteiger partial charge in [-0.1, -0.05) is 13.8 Å². The highest BCUT2D eigenvalue weighted by atomic mass is 16.5. The molecule has 0 aliphatic carbocycles. The Labute approximate surface area is 171 Å². The molecule has 1 rings (SSSR count). The Hall–Kier alpha value is -1.38. The van der Waals surface area contributed by atoms with Crippen LogP contribution in [0.25, 0.3) is 0 Å². The maximum Gasteiger partial charge on any atom is 0.243 e. The van der Waals surface area contributed by atoms with Crippen LogP contribution in [0.1, 0.15) is 33.6 Å². The number of hydrogen-bond donors (Lipinski definition) is 2. The monoisotopic (exact) mass is 399 g/mol. The average Bonchev–Trinajstić information content (AvgIpc) is 2.68. The van der Waals surface area contributed by atoms with Crippen LogP contribution in [0.2, 0.25) is 0 Å². The lowest BCUT2D eigenvalue weighted by Gasteiger charge is -2.26. The van der Waals surface area contributed by atoms with Gasteiger partial charge in [-0.3, -0.25) is 9.69 Å². The lowest BCUT2D eigenvalue weighted by atomic mass is 10.0. The summed E-state index contributed by atoms with van der Waals surface area (Å²) in [6, 6.07) is 0. The average molecular weight is 400 g/mol. The van der Waals surface area contributed by atoms with Gasteiger partial charge in [0.25, 0.3) is 0 Å². The number of amides is 1. The summed E-state index contributed by atoms with van der Waals surface area (Å²) in [5.41, 5.74) is 0. The molecule has 1 atom stereocenters. The van der Waals surface area contributed by atoms with Crippen molar-refractivity contribution in [3.05, 3.63) is 0 Å². The van der Waals surface area contributed by atoms with Gasteiger partial charge in [0.1, 0.15) is 6.54 Å². The van der Waals surface area contributed by atoms with Crippen LogP contribution >= 0.6 is 0 Å². The maximum absolute atomic E-state index is 11.9. The Kier molecular flexibility index (Phi) is 12.9. The fourth-order valence-corrected chi connectivity index (χ4v) is 2.95. The highest BCUT2D eigenvalue weighted by Gasteiger charge is 2.13. The van der Waals surface area contributed by atoms with Gasteiger partial charge in [-0.15, -0.1) is 0 Å². The number of aliphatic imine (C=N–C) groups is 1. The van der Waals surface area contributed by atoms with Crippen LogP contribution in [0, 0.1) is 5.92 Å². The molecule has 1 unspecified atom stereocenters. The third kappa shape index (κ3) is 10.8. The molecule has 1 fully saturated rings. The SMILES string of the molecule is CCOC(CCNC(=NCC(=O)N(C)C)NCCCN1CCOCC1)C(C)C. The lowest BCUT2D eigenvalue weighted by Crippen LogP contribution is -2.42. The first-order valence-electron chi connectivity index (χ1n) is 10.6. The second-order valence-corrected chi connectivity index (χ2v) is 7.64. The van der Waals surface area contributed by atoms with E-state index in [0.717, 1.165) is 65.4 Å². The minimum absolute atomic E-state index is 0.0104. The summed E-state index contributed by atoms with van der Waals surface area (Å²) in [4.78, 5) is 20.3. The van der Waals surface area contributed by atoms with E-state index in [1.165, 1.54) is 0 Å². The van der Waals surface area contributed by atoms with Crippen molar-refractivity contribution in [2.45, 2.75) is 39.7 Å². The van der Waals surface area contributed by atoms with Gasteiger partial charge in [0.2, 0.25) is 5.91 Å². The molecule has 2 N–H and O–H groups in total. The molecule has 164 valence electrons. The van der Waals surface area contributed by atoms with Gasteiger partial charge in [-0.2, -0.15) is 0 Å². The van der Waals surface area contributed by atoms with Crippen molar-refractivity contribution in [2.75, 3.05) is 73.2 Å². The van der Waals surface area contributed by atoms with E-state index >= 15 is 0 Å². The van der Waals surface area contributed by atoms with Gasteiger partial charge < -0.3 is 25.0 Å². The fraction of sp³-hybridized carbons (Fsp3) is 0.900. The predicted molar refractivity (Wildman–Crippen MR) is 114 cm³/mol. The number of hydrogen-bond acceptors (Lipinski definition) is 5. The van der Waals surface area contributed by atoms with Crippen LogP contribution in [-0.2, 0) is 14.3 Å². The predicted octanol–water partition coefficient (Wildman–Crippen LogP) is 0.783. The van der Waals surface area contributed by atoms with Crippen LogP contribution in [-0.4, -0.2) is 101 Å². The molecule has 0 saturated carbocycles. The first kappa shape index (κ1) is 24.7. The first-order chi connectivity index (χ1) is 13.4. The van der Waals surface area contributed by atoms with Crippen molar-refractivity contribution in [2.24, 2.45) is 10.9 Å². The number of morpholine rings is 1. The Balaban J connectivity index is 2.43. The molecule has 28 heavy (non-hydrogen) atoms. The molecule has 8 nitrogen and oxygen atoms in total. The third-order valence-corrected chi connectivity index (χ3v) is 4.76. The molecule has 0 radical (unpaired) electrons. The smallest absolute Gasteiger partial charge is 0.243 e. The van der Waals surface area contributed by atoms with Crippen LogP contribution in [0.5, 0.6) is 0 Å². The van der Waals surface area contributed by atoms with E-state index in [2.05, 4.69) is 34.4 Å². The molecule has 8 heteroatoms. The number of ether oxygens (including phenoxy) is 2. The zero-order chi connectivity index (χ0) is 20.8. The first-order valence-corrected chi connectivity index (χ1v) is 10.6. The molecule has 0 aromatic rings. The van der Waals surface area contributed by atoms with Crippen molar-refractivity contribution >= 4 is 11.9 Å². The number of carbonyl (C=O) groups excluding carboxylic acids is 1. The molecule has 1 heterocycles. The van der Waals surface area contributed by atoms with Crippen LogP contribution in [0.3, 0.4) is 0 Å². The molecule has 1 aliphatic heterocycles. The Morgan fingerprint density at radius 2 is 1.89 bits per heavy atom. The molecule has 0 bridgehead atoms. The minimum Gasteiger partial charge on any atom is -0.379 e. The Bertz CT molecular complexity index is 451. The fourth-order valence-electron chi connectivity index (χ4n) is 2.95. The van der Waals surface area contributed by atoms with Crippen molar-refractivity contribution in [3.63, 3.8) is 0 Å². The number of nitrogens with one attached hydrogen (secondary N) is 2. The van der Waals surface area contributed by atoms with Gasteiger partial charge in [0.05, 0.1) is 19.3 Å². The molecular formula is C20H41N5O3. The maximum atomic E-state index is 11.9. The van der Waals surface area contributed by atoms with E-state index in [0.29, 0.717) is 11.9 Å². The Morgan fingerprint density at radius 3 is 2.50 bits per heavy atom. The number of likely N-dealkylation sites (N-methyl/N-ethyl adjacent to an activating group) is 1. The zero-order valence-corrected chi connectivity index (χ0v) is 18.5. The standard InChI is InChI=1S/C20H41N5O3/c1-6-28-18(17(2)3)8-10-22-20(23-16-19(26)24(4)5)21-9-7-11-25-12-14-27-15-13-25/h17-18H,6-16H2,1-5H3,(H2,21,22,23). The quantitative estimate of drug-likeness (QED) is 0.287. The molecule has 1 aliphatic rings. The molecule has 0 aromatic carbocycles. The lowest BCUT2D eigenvalue weighted by molar-refractivity contribution is -0.127. The van der Waals surface area contributed by atoms with Gasteiger partial charge >= 0.3 is 0 Å². The van der Waals surface area contributed by atoms with Crippen molar-refractivity contribution in [1.29, 1.82) is 0 Å². The molecule has 0 aromatic heterocycles. The molecule has 1 amide bonds. The van der Waals surface area contributed by atoms with E-state index in [1.54, 1.807) is 19.0 Å². The van der Waals surface area contributed by atoms with Crippen molar-refractivity contribution in [1.82, 2.24) is 20.4 Å². The van der Waals surface area contributed by atoms with E-state index in [-0.39, 0.29) is 18.6 Å². The molecular weight excluding hydrogens is 358 g/mol. The number of guanidine groups is 1. The summed E-state index contributed by atoms with van der Waals surface area (Å²) in [6.45, 7) is 13.5. The van der Waals surface area contributed by atoms with Crippen LogP contribution < -0.4 is 10.6 Å². The van der Waals surface area contributed by atoms with E-state index in [4.69, 9.17) is 9.47 Å². The summed E-state index contributed by atoms with van der Waals surface area (Å²) < 4.78 is 11.2. The van der Waals surface area contributed by atoms with Gasteiger partial charge in [0, 0.05) is 46.9 Å². The van der Waals surface area contributed by atoms with Gasteiger partial charge in [-0.25, -0.2) is 4.99 Å². The van der Waals surface area contributed by atoms with Crippen molar-refractivity contribution < 1.29 is 14.3 Å². The van der Waals surface area contributed by atoms with Crippen LogP contribution in [0.15, 0.2) is 4.99 Å². The number of nitrogens with zero attached hydrogens (tertiary/aromatic N) is 3. The zero-order valence-electron chi connectivity index (χ0n) is 18.5. The normalized spacial score (nSPS) is 16.9. The van der Waals surface area contributed by atoms with Crippen molar-refractivity contribution in [3.8, 4) is 0 Å². The second-order valence-electron chi connectivity index (χ2n) is 7.64. The van der Waals surface area contributed by atoms with Gasteiger partial charge in [0.15, 0.2) is 5.96 Å². The topological polar surface area (TPSA) is 78.4 Å². The molecule has 1 saturated heterocycles. The summed E-state index contributed by atoms with van der Waals surface area (Å²) in [5.74, 6) is 1.15. The van der Waals surface area contributed by atoms with E-state index in [9.17, 15) is 4.79 Å². The summed E-state index contributed by atoms with van der Waals surface area (Å²) in [5, 5.41) is 6.71. The second kappa shape index (κ2) is 14.6. The third-order valence-electron chi connectivity index (χ3n) is 4.76. The summed E-state index contributed by atoms with van der Waals surface area (Å²) in [7, 11) is 3.49. The number of rotatable bonds is 12. The minimum atomic E-state index is -0.0104. The van der Waals surface area contributed by atoms with Crippen LogP contribution in [0.4, 0.5) is 0 Å².